The molecule has 1 aliphatic rings. The van der Waals surface area contributed by atoms with Crippen molar-refractivity contribution in [3.63, 3.8) is 0 Å². The van der Waals surface area contributed by atoms with Crippen molar-refractivity contribution in [3.8, 4) is 0 Å². The van der Waals surface area contributed by atoms with Crippen LogP contribution in [0.4, 0.5) is 0 Å². The third-order valence-corrected chi connectivity index (χ3v) is 4.87. The summed E-state index contributed by atoms with van der Waals surface area (Å²) in [4.78, 5) is 2.56. The van der Waals surface area contributed by atoms with Gasteiger partial charge >= 0.3 is 0 Å². The summed E-state index contributed by atoms with van der Waals surface area (Å²) in [6.45, 7) is 8.29. The summed E-state index contributed by atoms with van der Waals surface area (Å²) < 4.78 is 5.25. The first-order valence-electron chi connectivity index (χ1n) is 7.19. The van der Waals surface area contributed by atoms with Gasteiger partial charge in [-0.3, -0.25) is 4.90 Å². The average molecular weight is 274 g/mol. The van der Waals surface area contributed by atoms with E-state index in [4.69, 9.17) is 10.5 Å². The minimum Gasteiger partial charge on any atom is -0.383 e. The molecule has 0 amide bonds. The predicted octanol–water partition coefficient (Wildman–Crippen LogP) is 2.06. The van der Waals surface area contributed by atoms with Gasteiger partial charge in [0.25, 0.3) is 0 Å². The lowest BCUT2D eigenvalue weighted by atomic mass is 9.94. The Morgan fingerprint density at radius 3 is 2.72 bits per heavy atom. The molecule has 2 N–H and O–H groups in total. The van der Waals surface area contributed by atoms with Crippen LogP contribution in [0.2, 0.25) is 0 Å². The summed E-state index contributed by atoms with van der Waals surface area (Å²) >= 11 is 2.09. The molecule has 1 heterocycles. The molecule has 0 radical (unpaired) electrons. The molecule has 0 aromatic heterocycles. The highest BCUT2D eigenvalue weighted by atomic mass is 32.2. The molecule has 108 valence electrons. The highest BCUT2D eigenvalue weighted by Gasteiger charge is 2.28. The van der Waals surface area contributed by atoms with E-state index < -0.39 is 0 Å². The zero-order chi connectivity index (χ0) is 13.4. The van der Waals surface area contributed by atoms with E-state index in [9.17, 15) is 0 Å². The summed E-state index contributed by atoms with van der Waals surface area (Å²) in [6.07, 6.45) is 2.70. The van der Waals surface area contributed by atoms with Gasteiger partial charge in [0.1, 0.15) is 0 Å². The van der Waals surface area contributed by atoms with Crippen LogP contribution in [0.15, 0.2) is 0 Å². The SMILES string of the molecule is COCCN(CC(C)C)C(CN)C1CCCSC1. The van der Waals surface area contributed by atoms with Gasteiger partial charge in [-0.15, -0.1) is 0 Å². The van der Waals surface area contributed by atoms with E-state index in [0.717, 1.165) is 32.2 Å². The summed E-state index contributed by atoms with van der Waals surface area (Å²) in [6, 6.07) is 0.537. The van der Waals surface area contributed by atoms with Crippen molar-refractivity contribution in [2.24, 2.45) is 17.6 Å². The van der Waals surface area contributed by atoms with Crippen molar-refractivity contribution in [2.45, 2.75) is 32.7 Å². The second kappa shape index (κ2) is 9.18. The Bertz CT molecular complexity index is 208. The maximum Gasteiger partial charge on any atom is 0.0589 e. The third-order valence-electron chi connectivity index (χ3n) is 3.63. The lowest BCUT2D eigenvalue weighted by Crippen LogP contribution is -2.49. The number of hydrogen-bond acceptors (Lipinski definition) is 4. The van der Waals surface area contributed by atoms with E-state index in [1.165, 1.54) is 24.3 Å². The number of methoxy groups -OCH3 is 1. The first kappa shape index (κ1) is 16.3. The van der Waals surface area contributed by atoms with Crippen molar-refractivity contribution in [1.82, 2.24) is 4.90 Å². The van der Waals surface area contributed by atoms with Crippen LogP contribution in [0.5, 0.6) is 0 Å². The van der Waals surface area contributed by atoms with Crippen molar-refractivity contribution in [1.29, 1.82) is 0 Å². The Morgan fingerprint density at radius 2 is 2.22 bits per heavy atom. The minimum atomic E-state index is 0.537. The minimum absolute atomic E-state index is 0.537. The van der Waals surface area contributed by atoms with Gasteiger partial charge in [0.2, 0.25) is 0 Å². The number of hydrogen-bond donors (Lipinski definition) is 1. The quantitative estimate of drug-likeness (QED) is 0.735. The van der Waals surface area contributed by atoms with Gasteiger partial charge in [-0.25, -0.2) is 0 Å². The Balaban J connectivity index is 2.58. The molecule has 2 unspecified atom stereocenters. The molecular weight excluding hydrogens is 244 g/mol. The maximum atomic E-state index is 6.06. The van der Waals surface area contributed by atoms with Crippen LogP contribution in [0, 0.1) is 11.8 Å². The molecule has 0 spiro atoms. The molecule has 0 aliphatic carbocycles. The smallest absolute Gasteiger partial charge is 0.0589 e. The Labute approximate surface area is 117 Å². The zero-order valence-corrected chi connectivity index (χ0v) is 13.0. The van der Waals surface area contributed by atoms with Crippen molar-refractivity contribution in [3.05, 3.63) is 0 Å². The number of nitrogens with two attached hydrogens (primary N) is 1. The van der Waals surface area contributed by atoms with Crippen LogP contribution in [-0.2, 0) is 4.74 Å². The molecule has 1 fully saturated rings. The second-order valence-electron chi connectivity index (χ2n) is 5.66. The second-order valence-corrected chi connectivity index (χ2v) is 6.81. The highest BCUT2D eigenvalue weighted by Crippen LogP contribution is 2.27. The number of nitrogens with zero attached hydrogens (tertiary/aromatic N) is 1. The van der Waals surface area contributed by atoms with Crippen LogP contribution >= 0.6 is 11.8 Å². The number of rotatable bonds is 8. The Kier molecular flexibility index (Phi) is 8.31. The van der Waals surface area contributed by atoms with E-state index in [1.807, 2.05) is 0 Å². The van der Waals surface area contributed by atoms with Gasteiger partial charge < -0.3 is 10.5 Å². The standard InChI is InChI=1S/C14H30N2OS/c1-12(2)10-16(6-7-17-3)14(9-15)13-5-4-8-18-11-13/h12-14H,4-11,15H2,1-3H3. The molecule has 3 nitrogen and oxygen atoms in total. The molecule has 0 aromatic rings. The maximum absolute atomic E-state index is 6.06. The topological polar surface area (TPSA) is 38.5 Å². The summed E-state index contributed by atoms with van der Waals surface area (Å²) in [5.74, 6) is 4.07. The molecular formula is C14H30N2OS. The van der Waals surface area contributed by atoms with Crippen molar-refractivity contribution < 1.29 is 4.74 Å². The fraction of sp³-hybridized carbons (Fsp3) is 1.00. The molecule has 0 saturated carbocycles. The van der Waals surface area contributed by atoms with Gasteiger partial charge in [0, 0.05) is 32.8 Å². The molecule has 0 aromatic carbocycles. The van der Waals surface area contributed by atoms with Crippen LogP contribution in [0.25, 0.3) is 0 Å². The summed E-state index contributed by atoms with van der Waals surface area (Å²) in [5.41, 5.74) is 6.06. The number of ether oxygens (including phenoxy) is 1. The van der Waals surface area contributed by atoms with Gasteiger partial charge in [0.15, 0.2) is 0 Å². The van der Waals surface area contributed by atoms with Crippen LogP contribution in [0.3, 0.4) is 0 Å². The molecule has 2 atom stereocenters. The van der Waals surface area contributed by atoms with E-state index in [1.54, 1.807) is 7.11 Å². The molecule has 1 rings (SSSR count). The first-order valence-corrected chi connectivity index (χ1v) is 8.35. The average Bonchev–Trinajstić information content (AvgIpc) is 2.37. The van der Waals surface area contributed by atoms with E-state index in [2.05, 4.69) is 30.5 Å². The Hall–Kier alpha value is 0.230. The third kappa shape index (κ3) is 5.47. The van der Waals surface area contributed by atoms with Crippen molar-refractivity contribution in [2.75, 3.05) is 44.9 Å². The lowest BCUT2D eigenvalue weighted by molar-refractivity contribution is 0.0882. The van der Waals surface area contributed by atoms with Crippen LogP contribution in [-0.4, -0.2) is 55.8 Å². The highest BCUT2D eigenvalue weighted by molar-refractivity contribution is 7.99. The van der Waals surface area contributed by atoms with E-state index in [0.29, 0.717) is 12.0 Å². The molecule has 18 heavy (non-hydrogen) atoms. The normalized spacial score (nSPS) is 22.7. The predicted molar refractivity (Wildman–Crippen MR) is 81.2 cm³/mol. The zero-order valence-electron chi connectivity index (χ0n) is 12.2. The fourth-order valence-electron chi connectivity index (χ4n) is 2.78. The van der Waals surface area contributed by atoms with Gasteiger partial charge in [-0.2, -0.15) is 11.8 Å². The first-order chi connectivity index (χ1) is 8.69. The lowest BCUT2D eigenvalue weighted by Gasteiger charge is -2.38. The largest absolute Gasteiger partial charge is 0.383 e. The molecule has 4 heteroatoms. The summed E-state index contributed by atoms with van der Waals surface area (Å²) in [5, 5.41) is 0. The number of thioether (sulfide) groups is 1. The van der Waals surface area contributed by atoms with Gasteiger partial charge in [-0.05, 0) is 36.2 Å². The Morgan fingerprint density at radius 1 is 1.44 bits per heavy atom. The fourth-order valence-corrected chi connectivity index (χ4v) is 4.01. The summed E-state index contributed by atoms with van der Waals surface area (Å²) in [7, 11) is 1.78. The van der Waals surface area contributed by atoms with E-state index >= 15 is 0 Å². The van der Waals surface area contributed by atoms with Gasteiger partial charge in [0.05, 0.1) is 6.61 Å². The monoisotopic (exact) mass is 274 g/mol. The van der Waals surface area contributed by atoms with Crippen LogP contribution in [0.1, 0.15) is 26.7 Å². The van der Waals surface area contributed by atoms with E-state index in [-0.39, 0.29) is 0 Å². The van der Waals surface area contributed by atoms with Crippen molar-refractivity contribution >= 4 is 11.8 Å². The molecule has 1 saturated heterocycles. The van der Waals surface area contributed by atoms with Crippen LogP contribution < -0.4 is 5.73 Å². The molecule has 1 aliphatic heterocycles. The molecule has 0 bridgehead atoms. The van der Waals surface area contributed by atoms with Gasteiger partial charge in [-0.1, -0.05) is 13.8 Å².